The van der Waals surface area contributed by atoms with Crippen molar-refractivity contribution in [3.8, 4) is 5.75 Å². The van der Waals surface area contributed by atoms with Gasteiger partial charge in [0, 0.05) is 17.7 Å². The minimum atomic E-state index is -0.463. The van der Waals surface area contributed by atoms with Crippen LogP contribution in [0.3, 0.4) is 0 Å². The molecule has 118 valence electrons. The number of aryl methyl sites for hydroxylation is 1. The molecule has 2 aliphatic rings. The van der Waals surface area contributed by atoms with Crippen molar-refractivity contribution in [2.24, 2.45) is 0 Å². The first-order chi connectivity index (χ1) is 11.1. The molecule has 1 N–H and O–H groups in total. The molecule has 1 fully saturated rings. The molecule has 0 radical (unpaired) electrons. The Kier molecular flexibility index (Phi) is 3.31. The Hall–Kier alpha value is -2.07. The second kappa shape index (κ2) is 5.24. The van der Waals surface area contributed by atoms with Gasteiger partial charge in [0.05, 0.1) is 6.04 Å². The Morgan fingerprint density at radius 2 is 1.96 bits per heavy atom. The molecule has 2 bridgehead atoms. The lowest BCUT2D eigenvalue weighted by Gasteiger charge is -2.52. The SMILES string of the molecule is CCc1ccc(N2C(=S)NC3CC2(C)Oc2ccccc23)cc1. The summed E-state index contributed by atoms with van der Waals surface area (Å²) in [4.78, 5) is 2.11. The number of nitrogens with zero attached hydrogens (tertiary/aromatic N) is 1. The van der Waals surface area contributed by atoms with Gasteiger partial charge in [-0.2, -0.15) is 0 Å². The van der Waals surface area contributed by atoms with E-state index < -0.39 is 5.72 Å². The smallest absolute Gasteiger partial charge is 0.188 e. The zero-order valence-corrected chi connectivity index (χ0v) is 14.2. The van der Waals surface area contributed by atoms with Crippen LogP contribution in [0.15, 0.2) is 48.5 Å². The Balaban J connectivity index is 1.76. The van der Waals surface area contributed by atoms with E-state index in [2.05, 4.69) is 54.4 Å². The summed E-state index contributed by atoms with van der Waals surface area (Å²) in [6, 6.07) is 17.0. The van der Waals surface area contributed by atoms with Crippen molar-refractivity contribution in [1.29, 1.82) is 0 Å². The highest BCUT2D eigenvalue weighted by Gasteiger charge is 2.48. The number of hydrogen-bond donors (Lipinski definition) is 1. The standard InChI is InChI=1S/C19H20N2OS/c1-3-13-8-10-14(11-9-13)21-18(23)20-16-12-19(21,2)22-17-7-5-4-6-15(16)17/h4-11,16H,3,12H2,1-2H3,(H,20,23). The molecule has 4 rings (SSSR count). The van der Waals surface area contributed by atoms with E-state index in [0.717, 1.165) is 29.4 Å². The van der Waals surface area contributed by atoms with Crippen molar-refractivity contribution in [3.05, 3.63) is 59.7 Å². The molecule has 2 aromatic carbocycles. The molecule has 2 atom stereocenters. The number of thiocarbonyl (C=S) groups is 1. The molecular weight excluding hydrogens is 304 g/mol. The minimum Gasteiger partial charge on any atom is -0.467 e. The van der Waals surface area contributed by atoms with E-state index in [0.29, 0.717) is 0 Å². The van der Waals surface area contributed by atoms with Crippen molar-refractivity contribution >= 4 is 23.0 Å². The largest absolute Gasteiger partial charge is 0.467 e. The lowest BCUT2D eigenvalue weighted by atomic mass is 9.90. The molecule has 1 saturated heterocycles. The zero-order valence-electron chi connectivity index (χ0n) is 13.4. The normalized spacial score (nSPS) is 25.4. The molecule has 4 heteroatoms. The van der Waals surface area contributed by atoms with Gasteiger partial charge in [0.15, 0.2) is 10.8 Å². The highest BCUT2D eigenvalue weighted by atomic mass is 32.1. The number of ether oxygens (including phenoxy) is 1. The first-order valence-corrected chi connectivity index (χ1v) is 8.49. The van der Waals surface area contributed by atoms with Gasteiger partial charge in [-0.05, 0) is 49.3 Å². The highest BCUT2D eigenvalue weighted by molar-refractivity contribution is 7.80. The van der Waals surface area contributed by atoms with Crippen molar-refractivity contribution in [2.45, 2.75) is 38.5 Å². The fourth-order valence-electron chi connectivity index (χ4n) is 3.59. The van der Waals surface area contributed by atoms with E-state index in [1.165, 1.54) is 11.1 Å². The van der Waals surface area contributed by atoms with E-state index in [1.54, 1.807) is 0 Å². The maximum Gasteiger partial charge on any atom is 0.188 e. The number of para-hydroxylation sites is 1. The van der Waals surface area contributed by atoms with Crippen LogP contribution in [0, 0.1) is 0 Å². The molecule has 23 heavy (non-hydrogen) atoms. The average molecular weight is 324 g/mol. The molecule has 2 aromatic rings. The van der Waals surface area contributed by atoms with Gasteiger partial charge in [0.1, 0.15) is 5.75 Å². The summed E-state index contributed by atoms with van der Waals surface area (Å²) in [6.45, 7) is 4.28. The Bertz CT molecular complexity index is 758. The van der Waals surface area contributed by atoms with E-state index in [-0.39, 0.29) is 6.04 Å². The van der Waals surface area contributed by atoms with E-state index in [9.17, 15) is 0 Å². The molecule has 2 heterocycles. The molecular formula is C19H20N2OS. The van der Waals surface area contributed by atoms with Crippen LogP contribution in [0.4, 0.5) is 5.69 Å². The number of fused-ring (bicyclic) bond motifs is 4. The summed E-state index contributed by atoms with van der Waals surface area (Å²) >= 11 is 5.66. The van der Waals surface area contributed by atoms with Crippen LogP contribution in [0.5, 0.6) is 5.75 Å². The predicted octanol–water partition coefficient (Wildman–Crippen LogP) is 4.18. The third-order valence-electron chi connectivity index (χ3n) is 4.78. The van der Waals surface area contributed by atoms with Gasteiger partial charge in [-0.25, -0.2) is 0 Å². The van der Waals surface area contributed by atoms with Gasteiger partial charge in [-0.1, -0.05) is 37.3 Å². The first-order valence-electron chi connectivity index (χ1n) is 8.08. The topological polar surface area (TPSA) is 24.5 Å². The zero-order chi connectivity index (χ0) is 16.0. The molecule has 0 saturated carbocycles. The summed E-state index contributed by atoms with van der Waals surface area (Å²) in [5.41, 5.74) is 3.12. The van der Waals surface area contributed by atoms with Crippen LogP contribution in [0.1, 0.15) is 37.4 Å². The fourth-order valence-corrected chi connectivity index (χ4v) is 4.03. The van der Waals surface area contributed by atoms with Crippen molar-refractivity contribution in [1.82, 2.24) is 5.32 Å². The lowest BCUT2D eigenvalue weighted by Crippen LogP contribution is -2.65. The van der Waals surface area contributed by atoms with Crippen molar-refractivity contribution in [2.75, 3.05) is 4.90 Å². The maximum atomic E-state index is 6.38. The third kappa shape index (κ3) is 2.29. The molecule has 0 aliphatic carbocycles. The molecule has 0 aromatic heterocycles. The Morgan fingerprint density at radius 3 is 2.70 bits per heavy atom. The average Bonchev–Trinajstić information content (AvgIpc) is 2.54. The summed E-state index contributed by atoms with van der Waals surface area (Å²) in [6.07, 6.45) is 1.89. The van der Waals surface area contributed by atoms with Crippen LogP contribution in [-0.2, 0) is 6.42 Å². The van der Waals surface area contributed by atoms with Gasteiger partial charge in [-0.3, -0.25) is 4.90 Å². The summed E-state index contributed by atoms with van der Waals surface area (Å²) in [5.74, 6) is 0.941. The summed E-state index contributed by atoms with van der Waals surface area (Å²) in [7, 11) is 0. The van der Waals surface area contributed by atoms with E-state index in [4.69, 9.17) is 17.0 Å². The molecule has 2 aliphatic heterocycles. The van der Waals surface area contributed by atoms with Crippen LogP contribution in [-0.4, -0.2) is 10.8 Å². The first kappa shape index (κ1) is 14.5. The minimum absolute atomic E-state index is 0.212. The van der Waals surface area contributed by atoms with E-state index >= 15 is 0 Å². The molecule has 0 spiro atoms. The van der Waals surface area contributed by atoms with Crippen LogP contribution >= 0.6 is 12.2 Å². The quantitative estimate of drug-likeness (QED) is 0.838. The van der Waals surface area contributed by atoms with E-state index in [1.807, 2.05) is 18.2 Å². The van der Waals surface area contributed by atoms with Gasteiger partial charge in [0.2, 0.25) is 0 Å². The third-order valence-corrected chi connectivity index (χ3v) is 5.08. The Labute approximate surface area is 142 Å². The number of anilines is 1. The second-order valence-electron chi connectivity index (χ2n) is 6.38. The summed E-state index contributed by atoms with van der Waals surface area (Å²) < 4.78 is 6.38. The maximum absolute atomic E-state index is 6.38. The number of rotatable bonds is 2. The van der Waals surface area contributed by atoms with Crippen molar-refractivity contribution in [3.63, 3.8) is 0 Å². The van der Waals surface area contributed by atoms with Gasteiger partial charge >= 0.3 is 0 Å². The molecule has 2 unspecified atom stereocenters. The number of hydrogen-bond acceptors (Lipinski definition) is 2. The highest BCUT2D eigenvalue weighted by Crippen LogP contribution is 2.45. The lowest BCUT2D eigenvalue weighted by molar-refractivity contribution is 0.0498. The molecule has 0 amide bonds. The fraction of sp³-hybridized carbons (Fsp3) is 0.316. The Morgan fingerprint density at radius 1 is 1.22 bits per heavy atom. The van der Waals surface area contributed by atoms with Crippen LogP contribution < -0.4 is 15.0 Å². The van der Waals surface area contributed by atoms with Gasteiger partial charge < -0.3 is 10.1 Å². The second-order valence-corrected chi connectivity index (χ2v) is 6.76. The van der Waals surface area contributed by atoms with Crippen LogP contribution in [0.25, 0.3) is 0 Å². The summed E-state index contributed by atoms with van der Waals surface area (Å²) in [5, 5.41) is 4.21. The van der Waals surface area contributed by atoms with Gasteiger partial charge in [-0.15, -0.1) is 0 Å². The van der Waals surface area contributed by atoms with Crippen molar-refractivity contribution < 1.29 is 4.74 Å². The number of nitrogens with one attached hydrogen (secondary N) is 1. The van der Waals surface area contributed by atoms with Crippen LogP contribution in [0.2, 0.25) is 0 Å². The number of benzene rings is 2. The molecule has 3 nitrogen and oxygen atoms in total. The van der Waals surface area contributed by atoms with Gasteiger partial charge in [0.25, 0.3) is 0 Å². The monoisotopic (exact) mass is 324 g/mol. The predicted molar refractivity (Wildman–Crippen MR) is 96.9 cm³/mol.